The van der Waals surface area contributed by atoms with E-state index in [1.165, 1.54) is 19.3 Å². The van der Waals surface area contributed by atoms with Crippen LogP contribution >= 0.6 is 7.82 Å². The minimum atomic E-state index is -5.14. The number of phosphoric acid groups is 1. The second-order valence-electron chi connectivity index (χ2n) is 3.03. The van der Waals surface area contributed by atoms with Gasteiger partial charge in [0.25, 0.3) is 0 Å². The number of rotatable bonds is 6. The van der Waals surface area contributed by atoms with Gasteiger partial charge in [-0.3, -0.25) is 4.79 Å². The second kappa shape index (κ2) is 13.3. The Hall–Kier alpha value is 0.203. The number of carbonyl (C=O) groups is 1. The number of carboxylic acids is 1. The molecule has 0 rings (SSSR count). The predicted molar refractivity (Wildman–Crippen MR) is 50.8 cm³/mol. The van der Waals surface area contributed by atoms with Gasteiger partial charge in [-0.1, -0.05) is 32.6 Å². The zero-order valence-electron chi connectivity index (χ0n) is 9.42. The van der Waals surface area contributed by atoms with E-state index in [4.69, 9.17) is 24.4 Å². The zero-order chi connectivity index (χ0) is 12.3. The summed E-state index contributed by atoms with van der Waals surface area (Å²) in [6.45, 7) is 2.15. The van der Waals surface area contributed by atoms with E-state index in [0.717, 1.165) is 12.8 Å². The summed E-state index contributed by atoms with van der Waals surface area (Å²) in [4.78, 5) is 34.3. The Labute approximate surface area is 108 Å². The fourth-order valence-corrected chi connectivity index (χ4v) is 0.880. The molecular formula is C8H17O6PZn. The van der Waals surface area contributed by atoms with Gasteiger partial charge in [-0.2, -0.15) is 0 Å². The molecule has 0 bridgehead atoms. The summed E-state index contributed by atoms with van der Waals surface area (Å²) in [6, 6.07) is 0. The Morgan fingerprint density at radius 1 is 1.19 bits per heavy atom. The molecule has 6 nitrogen and oxygen atoms in total. The molecule has 16 heavy (non-hydrogen) atoms. The van der Waals surface area contributed by atoms with Gasteiger partial charge < -0.3 is 24.4 Å². The molecule has 0 aliphatic rings. The Balaban J connectivity index is -0.000000242. The van der Waals surface area contributed by atoms with Crippen LogP contribution in [-0.2, 0) is 28.8 Å². The van der Waals surface area contributed by atoms with Crippen LogP contribution in [0.25, 0.3) is 0 Å². The summed E-state index contributed by atoms with van der Waals surface area (Å²) >= 11 is 0. The molecule has 0 saturated carbocycles. The molecule has 2 N–H and O–H groups in total. The quantitative estimate of drug-likeness (QED) is 0.412. The molecule has 0 spiro atoms. The van der Waals surface area contributed by atoms with Crippen molar-refractivity contribution >= 4 is 13.8 Å². The van der Waals surface area contributed by atoms with Crippen LogP contribution in [0.1, 0.15) is 45.4 Å². The molecule has 0 radical (unpaired) electrons. The first-order valence-corrected chi connectivity index (χ1v) is 6.23. The van der Waals surface area contributed by atoms with E-state index < -0.39 is 13.8 Å². The van der Waals surface area contributed by atoms with Crippen molar-refractivity contribution in [2.75, 3.05) is 0 Å². The summed E-state index contributed by atoms with van der Waals surface area (Å²) in [7, 11) is -5.14. The van der Waals surface area contributed by atoms with Gasteiger partial charge in [-0.15, -0.1) is 0 Å². The number of aliphatic carboxylic acids is 1. The predicted octanol–water partition coefficient (Wildman–Crippen LogP) is 0.236. The molecule has 0 amide bonds. The van der Waals surface area contributed by atoms with Gasteiger partial charge in [0.1, 0.15) is 0 Å². The Morgan fingerprint density at radius 3 is 1.88 bits per heavy atom. The van der Waals surface area contributed by atoms with Crippen molar-refractivity contribution in [3.05, 3.63) is 0 Å². The maximum absolute atomic E-state index is 10.0. The molecule has 0 unspecified atom stereocenters. The molecule has 0 aliphatic carbocycles. The molecule has 0 aromatic rings. The van der Waals surface area contributed by atoms with E-state index in [9.17, 15) is 4.79 Å². The third-order valence-corrected chi connectivity index (χ3v) is 1.49. The number of unbranched alkanes of at least 4 members (excludes halogenated alkanes) is 4. The summed E-state index contributed by atoms with van der Waals surface area (Å²) < 4.78 is 8.66. The van der Waals surface area contributed by atoms with Gasteiger partial charge in [0.15, 0.2) is 0 Å². The van der Waals surface area contributed by atoms with E-state index in [-0.39, 0.29) is 19.5 Å². The molecule has 0 fully saturated rings. The summed E-state index contributed by atoms with van der Waals surface area (Å²) in [5.74, 6) is -0.670. The monoisotopic (exact) mass is 304 g/mol. The van der Waals surface area contributed by atoms with Crippen LogP contribution < -0.4 is 9.79 Å². The maximum Gasteiger partial charge on any atom is 2.00 e. The smallest absolute Gasteiger partial charge is 0.790 e. The van der Waals surface area contributed by atoms with Gasteiger partial charge in [0, 0.05) is 6.42 Å². The zero-order valence-corrected chi connectivity index (χ0v) is 13.3. The molecule has 0 atom stereocenters. The van der Waals surface area contributed by atoms with Gasteiger partial charge in [-0.25, -0.2) is 0 Å². The minimum Gasteiger partial charge on any atom is -0.790 e. The SMILES string of the molecule is CCCCCCCC(=O)O.O=P([O-])([O-])O.[Zn+2]. The van der Waals surface area contributed by atoms with Gasteiger partial charge in [-0.05, 0) is 6.42 Å². The van der Waals surface area contributed by atoms with Crippen molar-refractivity contribution in [1.82, 2.24) is 0 Å². The van der Waals surface area contributed by atoms with Gasteiger partial charge in [0.05, 0.1) is 7.82 Å². The summed E-state index contributed by atoms with van der Waals surface area (Å²) in [5, 5.41) is 8.27. The second-order valence-corrected chi connectivity index (χ2v) is 3.96. The molecular weight excluding hydrogens is 288 g/mol. The van der Waals surface area contributed by atoms with Crippen LogP contribution in [0.15, 0.2) is 0 Å². The van der Waals surface area contributed by atoms with Crippen molar-refractivity contribution in [3.63, 3.8) is 0 Å². The number of carboxylic acid groups (broad SMARTS) is 1. The Morgan fingerprint density at radius 2 is 1.56 bits per heavy atom. The number of hydrogen-bond donors (Lipinski definition) is 2. The fraction of sp³-hybridized carbons (Fsp3) is 0.875. The van der Waals surface area contributed by atoms with Crippen molar-refractivity contribution in [3.8, 4) is 0 Å². The van der Waals surface area contributed by atoms with E-state index >= 15 is 0 Å². The van der Waals surface area contributed by atoms with Crippen molar-refractivity contribution in [1.29, 1.82) is 0 Å². The van der Waals surface area contributed by atoms with Crippen molar-refractivity contribution in [2.24, 2.45) is 0 Å². The Kier molecular flexibility index (Phi) is 17.8. The average molecular weight is 306 g/mol. The topological polar surface area (TPSA) is 121 Å². The third-order valence-electron chi connectivity index (χ3n) is 1.49. The molecule has 0 aromatic heterocycles. The molecule has 0 saturated heterocycles. The largest absolute Gasteiger partial charge is 2.00 e. The summed E-state index contributed by atoms with van der Waals surface area (Å²) in [6.07, 6.45) is 5.88. The maximum atomic E-state index is 10.0. The summed E-state index contributed by atoms with van der Waals surface area (Å²) in [5.41, 5.74) is 0. The first kappa shape index (κ1) is 21.5. The standard InChI is InChI=1S/C8H16O2.H3O4P.Zn/c1-2-3-4-5-6-7-8(9)10;1-5(2,3)4;/h2-7H2,1H3,(H,9,10);(H3,1,2,3,4);/q;;+2/p-2. The van der Waals surface area contributed by atoms with Crippen LogP contribution in [0.2, 0.25) is 0 Å². The molecule has 0 heterocycles. The van der Waals surface area contributed by atoms with Gasteiger partial charge >= 0.3 is 25.4 Å². The third kappa shape index (κ3) is 47.7. The van der Waals surface area contributed by atoms with Crippen LogP contribution in [0.3, 0.4) is 0 Å². The van der Waals surface area contributed by atoms with Crippen molar-refractivity contribution in [2.45, 2.75) is 45.4 Å². The van der Waals surface area contributed by atoms with Gasteiger partial charge in [0.2, 0.25) is 0 Å². The first-order chi connectivity index (χ1) is 6.77. The first-order valence-electron chi connectivity index (χ1n) is 4.74. The Bertz CT molecular complexity index is 196. The van der Waals surface area contributed by atoms with Crippen LogP contribution in [0.5, 0.6) is 0 Å². The van der Waals surface area contributed by atoms with Crippen LogP contribution in [0.4, 0.5) is 0 Å². The molecule has 8 heteroatoms. The normalized spacial score (nSPS) is 9.75. The van der Waals surface area contributed by atoms with E-state index in [1.807, 2.05) is 0 Å². The molecule has 0 aliphatic heterocycles. The molecule has 92 valence electrons. The fourth-order valence-electron chi connectivity index (χ4n) is 0.880. The van der Waals surface area contributed by atoms with E-state index in [0.29, 0.717) is 6.42 Å². The van der Waals surface area contributed by atoms with Crippen LogP contribution in [0, 0.1) is 0 Å². The number of hydrogen-bond acceptors (Lipinski definition) is 4. The average Bonchev–Trinajstić information content (AvgIpc) is 2.00. The van der Waals surface area contributed by atoms with E-state index in [1.54, 1.807) is 0 Å². The van der Waals surface area contributed by atoms with Crippen LogP contribution in [-0.4, -0.2) is 16.0 Å². The molecule has 0 aromatic carbocycles. The van der Waals surface area contributed by atoms with Crippen molar-refractivity contribution < 1.29 is 48.6 Å². The van der Waals surface area contributed by atoms with E-state index in [2.05, 4.69) is 6.92 Å². The minimum absolute atomic E-state index is 0.